The Hall–Kier alpha value is -2.68. The molecule has 3 aromatic carbocycles. The van der Waals surface area contributed by atoms with Crippen LogP contribution in [-0.4, -0.2) is 0 Å². The third-order valence-electron chi connectivity index (χ3n) is 3.61. The molecule has 3 heteroatoms. The van der Waals surface area contributed by atoms with Gasteiger partial charge in [-0.05, 0) is 30.7 Å². The molecule has 0 saturated carbocycles. The molecule has 0 aliphatic rings. The summed E-state index contributed by atoms with van der Waals surface area (Å²) >= 11 is 0. The molecule has 0 aliphatic heterocycles. The molecule has 3 aromatic rings. The number of benzene rings is 3. The molecule has 0 aliphatic carbocycles. The van der Waals surface area contributed by atoms with E-state index in [1.165, 1.54) is 12.1 Å². The minimum atomic E-state index is -0.501. The number of ether oxygens (including phenoxy) is 1. The second-order valence-electron chi connectivity index (χ2n) is 5.37. The number of hydrogen-bond donors (Lipinski definition) is 0. The van der Waals surface area contributed by atoms with Crippen LogP contribution in [0.1, 0.15) is 11.1 Å². The molecule has 1 nitrogen and oxygen atoms in total. The molecule has 3 rings (SSSR count). The Balaban J connectivity index is 1.98. The third-order valence-corrected chi connectivity index (χ3v) is 3.61. The highest BCUT2D eigenvalue weighted by Gasteiger charge is 2.15. The first-order valence-corrected chi connectivity index (χ1v) is 7.37. The van der Waals surface area contributed by atoms with Gasteiger partial charge in [-0.25, -0.2) is 8.78 Å². The minimum absolute atomic E-state index is 0.0702. The molecule has 0 aromatic heterocycles. The van der Waals surface area contributed by atoms with E-state index >= 15 is 0 Å². The van der Waals surface area contributed by atoms with Gasteiger partial charge in [0.2, 0.25) is 0 Å². The third kappa shape index (κ3) is 3.39. The molecule has 0 saturated heterocycles. The Kier molecular flexibility index (Phi) is 4.38. The van der Waals surface area contributed by atoms with E-state index in [2.05, 4.69) is 0 Å². The summed E-state index contributed by atoms with van der Waals surface area (Å²) in [5.74, 6) is -0.828. The van der Waals surface area contributed by atoms with E-state index in [1.54, 1.807) is 24.3 Å². The average Bonchev–Trinajstić information content (AvgIpc) is 2.57. The van der Waals surface area contributed by atoms with Crippen molar-refractivity contribution in [1.29, 1.82) is 0 Å². The second kappa shape index (κ2) is 6.61. The lowest BCUT2D eigenvalue weighted by molar-refractivity contribution is 0.291. The lowest BCUT2D eigenvalue weighted by Gasteiger charge is -2.14. The quantitative estimate of drug-likeness (QED) is 0.616. The summed E-state index contributed by atoms with van der Waals surface area (Å²) in [4.78, 5) is 0. The number of rotatable bonds is 4. The van der Waals surface area contributed by atoms with Crippen molar-refractivity contribution in [2.75, 3.05) is 0 Å². The average molecular weight is 310 g/mol. The summed E-state index contributed by atoms with van der Waals surface area (Å²) in [7, 11) is 0. The van der Waals surface area contributed by atoms with Gasteiger partial charge in [-0.15, -0.1) is 0 Å². The zero-order chi connectivity index (χ0) is 16.2. The summed E-state index contributed by atoms with van der Waals surface area (Å²) < 4.78 is 34.0. The van der Waals surface area contributed by atoms with Gasteiger partial charge in [-0.3, -0.25) is 0 Å². The van der Waals surface area contributed by atoms with Crippen LogP contribution >= 0.6 is 0 Å². The Bertz CT molecular complexity index is 813. The highest BCUT2D eigenvalue weighted by Crippen LogP contribution is 2.35. The van der Waals surface area contributed by atoms with Gasteiger partial charge in [-0.1, -0.05) is 54.1 Å². The summed E-state index contributed by atoms with van der Waals surface area (Å²) in [6.07, 6.45) is 0. The van der Waals surface area contributed by atoms with Crippen molar-refractivity contribution in [3.05, 3.63) is 89.5 Å². The first-order valence-electron chi connectivity index (χ1n) is 7.37. The fraction of sp³-hybridized carbons (Fsp3) is 0.100. The van der Waals surface area contributed by atoms with Crippen LogP contribution in [0.25, 0.3) is 11.1 Å². The standard InChI is InChI=1S/C20H16F2O/c1-14-10-11-18(21)17(12-14)16-8-5-9-19(22)20(16)23-13-15-6-3-2-4-7-15/h2-12H,13H2,1H3. The van der Waals surface area contributed by atoms with E-state index in [1.807, 2.05) is 37.3 Å². The molecule has 0 heterocycles. The van der Waals surface area contributed by atoms with Crippen molar-refractivity contribution < 1.29 is 13.5 Å². The topological polar surface area (TPSA) is 9.23 Å². The van der Waals surface area contributed by atoms with Crippen LogP contribution in [0.4, 0.5) is 8.78 Å². The van der Waals surface area contributed by atoms with Crippen molar-refractivity contribution in [3.8, 4) is 16.9 Å². The Morgan fingerprint density at radius 2 is 1.57 bits per heavy atom. The van der Waals surface area contributed by atoms with E-state index in [4.69, 9.17) is 4.74 Å². The van der Waals surface area contributed by atoms with Crippen LogP contribution in [0.15, 0.2) is 66.7 Å². The lowest BCUT2D eigenvalue weighted by atomic mass is 10.0. The van der Waals surface area contributed by atoms with Gasteiger partial charge in [0.1, 0.15) is 12.4 Å². The number of hydrogen-bond acceptors (Lipinski definition) is 1. The Morgan fingerprint density at radius 3 is 2.35 bits per heavy atom. The summed E-state index contributed by atoms with van der Waals surface area (Å²) in [6.45, 7) is 2.09. The van der Waals surface area contributed by atoms with Crippen LogP contribution in [0.5, 0.6) is 5.75 Å². The van der Waals surface area contributed by atoms with Gasteiger partial charge in [0.25, 0.3) is 0 Å². The van der Waals surface area contributed by atoms with Gasteiger partial charge in [0.15, 0.2) is 11.6 Å². The molecule has 0 N–H and O–H groups in total. The first kappa shape index (κ1) is 15.2. The molecule has 0 radical (unpaired) electrons. The van der Waals surface area contributed by atoms with E-state index < -0.39 is 11.6 Å². The van der Waals surface area contributed by atoms with Gasteiger partial charge >= 0.3 is 0 Å². The normalized spacial score (nSPS) is 10.6. The number of para-hydroxylation sites is 1. The fourth-order valence-electron chi connectivity index (χ4n) is 2.44. The summed E-state index contributed by atoms with van der Waals surface area (Å²) in [5.41, 5.74) is 2.58. The van der Waals surface area contributed by atoms with Crippen molar-refractivity contribution in [2.24, 2.45) is 0 Å². The molecule has 23 heavy (non-hydrogen) atoms. The van der Waals surface area contributed by atoms with Gasteiger partial charge in [0, 0.05) is 11.1 Å². The lowest BCUT2D eigenvalue weighted by Crippen LogP contribution is -2.00. The van der Waals surface area contributed by atoms with Crippen molar-refractivity contribution in [3.63, 3.8) is 0 Å². The highest BCUT2D eigenvalue weighted by molar-refractivity contribution is 5.71. The SMILES string of the molecule is Cc1ccc(F)c(-c2cccc(F)c2OCc2ccccc2)c1. The van der Waals surface area contributed by atoms with Crippen LogP contribution in [0.3, 0.4) is 0 Å². The van der Waals surface area contributed by atoms with Crippen molar-refractivity contribution in [1.82, 2.24) is 0 Å². The first-order chi connectivity index (χ1) is 11.1. The monoisotopic (exact) mass is 310 g/mol. The number of aryl methyl sites for hydroxylation is 1. The number of halogens is 2. The van der Waals surface area contributed by atoms with E-state index in [-0.39, 0.29) is 12.4 Å². The molecule has 0 spiro atoms. The second-order valence-corrected chi connectivity index (χ2v) is 5.37. The molecule has 0 amide bonds. The summed E-state index contributed by atoms with van der Waals surface area (Å²) in [5, 5.41) is 0. The smallest absolute Gasteiger partial charge is 0.165 e. The fourth-order valence-corrected chi connectivity index (χ4v) is 2.44. The molecule has 116 valence electrons. The van der Waals surface area contributed by atoms with Crippen LogP contribution in [-0.2, 0) is 6.61 Å². The zero-order valence-corrected chi connectivity index (χ0v) is 12.7. The highest BCUT2D eigenvalue weighted by atomic mass is 19.1. The van der Waals surface area contributed by atoms with Gasteiger partial charge in [-0.2, -0.15) is 0 Å². The van der Waals surface area contributed by atoms with E-state index in [9.17, 15) is 8.78 Å². The minimum Gasteiger partial charge on any atom is -0.485 e. The predicted octanol–water partition coefficient (Wildman–Crippen LogP) is 5.52. The predicted molar refractivity (Wildman–Crippen MR) is 87.3 cm³/mol. The maximum Gasteiger partial charge on any atom is 0.165 e. The Morgan fingerprint density at radius 1 is 0.783 bits per heavy atom. The molecule has 0 atom stereocenters. The Labute approximate surface area is 134 Å². The van der Waals surface area contributed by atoms with E-state index in [0.717, 1.165) is 11.1 Å². The molecule has 0 fully saturated rings. The summed E-state index contributed by atoms with van der Waals surface area (Å²) in [6, 6.07) is 18.8. The van der Waals surface area contributed by atoms with E-state index in [0.29, 0.717) is 11.1 Å². The molecule has 0 unspecified atom stereocenters. The zero-order valence-electron chi connectivity index (χ0n) is 12.7. The molecule has 0 bridgehead atoms. The van der Waals surface area contributed by atoms with Crippen LogP contribution in [0.2, 0.25) is 0 Å². The largest absolute Gasteiger partial charge is 0.485 e. The van der Waals surface area contributed by atoms with Crippen LogP contribution < -0.4 is 4.74 Å². The maximum absolute atomic E-state index is 14.2. The van der Waals surface area contributed by atoms with Crippen LogP contribution in [0, 0.1) is 18.6 Å². The van der Waals surface area contributed by atoms with Gasteiger partial charge in [0.05, 0.1) is 0 Å². The van der Waals surface area contributed by atoms with Crippen molar-refractivity contribution in [2.45, 2.75) is 13.5 Å². The molecular weight excluding hydrogens is 294 g/mol. The molecular formula is C20H16F2O. The maximum atomic E-state index is 14.2. The van der Waals surface area contributed by atoms with Crippen molar-refractivity contribution >= 4 is 0 Å². The van der Waals surface area contributed by atoms with Gasteiger partial charge < -0.3 is 4.74 Å².